The zero-order chi connectivity index (χ0) is 17.4. The van der Waals surface area contributed by atoms with Gasteiger partial charge in [0.05, 0.1) is 19.8 Å². The van der Waals surface area contributed by atoms with Crippen molar-refractivity contribution >= 4 is 6.03 Å². The van der Waals surface area contributed by atoms with Crippen LogP contribution in [0, 0.1) is 11.3 Å². The van der Waals surface area contributed by atoms with E-state index in [1.54, 1.807) is 0 Å². The molecule has 5 nitrogen and oxygen atoms in total. The zero-order valence-electron chi connectivity index (χ0n) is 14.8. The smallest absolute Gasteiger partial charge is 0.315 e. The van der Waals surface area contributed by atoms with Gasteiger partial charge in [0.2, 0.25) is 0 Å². The summed E-state index contributed by atoms with van der Waals surface area (Å²) >= 11 is 0. The van der Waals surface area contributed by atoms with Gasteiger partial charge >= 0.3 is 6.03 Å². The number of aliphatic hydroxyl groups excluding tert-OH is 1. The normalized spacial score (nSPS) is 24.5. The second-order valence-corrected chi connectivity index (χ2v) is 7.22. The Morgan fingerprint density at radius 3 is 2.88 bits per heavy atom. The van der Waals surface area contributed by atoms with Crippen molar-refractivity contribution in [1.29, 1.82) is 0 Å². The minimum absolute atomic E-state index is 0.0483. The van der Waals surface area contributed by atoms with E-state index in [0.717, 1.165) is 24.8 Å². The monoisotopic (exact) mass is 334 g/mol. The third-order valence-corrected chi connectivity index (χ3v) is 4.87. The summed E-state index contributed by atoms with van der Waals surface area (Å²) in [7, 11) is 0. The van der Waals surface area contributed by atoms with E-state index in [9.17, 15) is 9.90 Å². The number of carbonyl (C=O) groups excluding carboxylic acids is 1. The number of nitrogens with one attached hydrogen (secondary N) is 2. The molecule has 0 bridgehead atoms. The van der Waals surface area contributed by atoms with E-state index in [0.29, 0.717) is 19.8 Å². The fourth-order valence-corrected chi connectivity index (χ4v) is 3.16. The number of aliphatic hydroxyl groups is 1. The Morgan fingerprint density at radius 1 is 1.42 bits per heavy atom. The molecule has 0 spiro atoms. The molecule has 3 unspecified atom stereocenters. The molecule has 3 atom stereocenters. The molecule has 0 radical (unpaired) electrons. The van der Waals surface area contributed by atoms with Gasteiger partial charge in [0.25, 0.3) is 0 Å². The molecule has 0 saturated heterocycles. The summed E-state index contributed by atoms with van der Waals surface area (Å²) in [5.74, 6) is 0.243. The van der Waals surface area contributed by atoms with Gasteiger partial charge in [0.15, 0.2) is 0 Å². The Bertz CT molecular complexity index is 509. The number of hydrogen-bond donors (Lipinski definition) is 3. The highest BCUT2D eigenvalue weighted by Gasteiger charge is 2.39. The first-order valence-electron chi connectivity index (χ1n) is 8.80. The van der Waals surface area contributed by atoms with Crippen LogP contribution in [0.4, 0.5) is 4.79 Å². The van der Waals surface area contributed by atoms with Gasteiger partial charge in [-0.3, -0.25) is 0 Å². The molecular weight excluding hydrogens is 304 g/mol. The maximum Gasteiger partial charge on any atom is 0.315 e. The van der Waals surface area contributed by atoms with E-state index in [2.05, 4.69) is 17.6 Å². The minimum Gasteiger partial charge on any atom is -0.396 e. The summed E-state index contributed by atoms with van der Waals surface area (Å²) < 4.78 is 5.69. The van der Waals surface area contributed by atoms with Crippen LogP contribution in [-0.2, 0) is 11.3 Å². The highest BCUT2D eigenvalue weighted by molar-refractivity contribution is 5.74. The van der Waals surface area contributed by atoms with Crippen LogP contribution in [-0.4, -0.2) is 36.9 Å². The van der Waals surface area contributed by atoms with E-state index in [4.69, 9.17) is 4.74 Å². The quantitative estimate of drug-likeness (QED) is 0.684. The van der Waals surface area contributed by atoms with Crippen molar-refractivity contribution in [3.63, 3.8) is 0 Å². The predicted molar refractivity (Wildman–Crippen MR) is 94.6 cm³/mol. The van der Waals surface area contributed by atoms with Gasteiger partial charge in [-0.1, -0.05) is 50.6 Å². The summed E-state index contributed by atoms with van der Waals surface area (Å²) in [6, 6.07) is 9.95. The number of amides is 2. The lowest BCUT2D eigenvalue weighted by molar-refractivity contribution is 0.0919. The molecule has 1 aromatic rings. The highest BCUT2D eigenvalue weighted by atomic mass is 16.5. The standard InChI is InChI=1S/C19H30N2O3/c1-15(12-24-13-16-7-4-3-5-8-16)11-20-18(23)21-17-9-6-10-19(17,2)14-22/h3-5,7-8,15,17,22H,6,9-14H2,1-2H3,(H2,20,21,23). The van der Waals surface area contributed by atoms with Gasteiger partial charge in [-0.05, 0) is 24.3 Å². The first-order chi connectivity index (χ1) is 11.5. The highest BCUT2D eigenvalue weighted by Crippen LogP contribution is 2.37. The Hall–Kier alpha value is -1.59. The maximum atomic E-state index is 12.1. The largest absolute Gasteiger partial charge is 0.396 e. The zero-order valence-corrected chi connectivity index (χ0v) is 14.8. The van der Waals surface area contributed by atoms with Crippen LogP contribution in [0.25, 0.3) is 0 Å². The second kappa shape index (κ2) is 9.04. The van der Waals surface area contributed by atoms with Crippen molar-refractivity contribution in [3.8, 4) is 0 Å². The lowest BCUT2D eigenvalue weighted by atomic mass is 9.86. The summed E-state index contributed by atoms with van der Waals surface area (Å²) in [5.41, 5.74) is 0.960. The van der Waals surface area contributed by atoms with E-state index < -0.39 is 0 Å². The second-order valence-electron chi connectivity index (χ2n) is 7.22. The summed E-state index contributed by atoms with van der Waals surface area (Å²) in [4.78, 5) is 12.1. The van der Waals surface area contributed by atoms with Gasteiger partial charge in [0, 0.05) is 18.0 Å². The van der Waals surface area contributed by atoms with Gasteiger partial charge in [-0.25, -0.2) is 4.79 Å². The first kappa shape index (κ1) is 18.7. The molecule has 0 aliphatic heterocycles. The van der Waals surface area contributed by atoms with Crippen molar-refractivity contribution in [2.24, 2.45) is 11.3 Å². The topological polar surface area (TPSA) is 70.6 Å². The number of benzene rings is 1. The van der Waals surface area contributed by atoms with Gasteiger partial charge < -0.3 is 20.5 Å². The van der Waals surface area contributed by atoms with Gasteiger partial charge in [0.1, 0.15) is 0 Å². The minimum atomic E-state index is -0.193. The molecule has 0 heterocycles. The molecular formula is C19H30N2O3. The molecule has 1 aliphatic carbocycles. The lowest BCUT2D eigenvalue weighted by Gasteiger charge is -2.30. The first-order valence-corrected chi connectivity index (χ1v) is 8.80. The molecule has 2 rings (SSSR count). The molecule has 24 heavy (non-hydrogen) atoms. The van der Waals surface area contributed by atoms with E-state index in [-0.39, 0.29) is 30.0 Å². The predicted octanol–water partition coefficient (Wildman–Crippen LogP) is 2.69. The van der Waals surface area contributed by atoms with E-state index in [1.807, 2.05) is 37.3 Å². The van der Waals surface area contributed by atoms with Crippen LogP contribution in [0.2, 0.25) is 0 Å². The lowest BCUT2D eigenvalue weighted by Crippen LogP contribution is -2.49. The fourth-order valence-electron chi connectivity index (χ4n) is 3.16. The van der Waals surface area contributed by atoms with E-state index in [1.165, 1.54) is 0 Å². The summed E-state index contributed by atoms with van der Waals surface area (Å²) in [6.45, 7) is 5.97. The molecule has 0 aromatic heterocycles. The average molecular weight is 334 g/mol. The molecule has 1 fully saturated rings. The molecule has 2 amide bonds. The van der Waals surface area contributed by atoms with Crippen molar-refractivity contribution in [1.82, 2.24) is 10.6 Å². The molecule has 3 N–H and O–H groups in total. The Balaban J connectivity index is 1.62. The van der Waals surface area contributed by atoms with Crippen LogP contribution < -0.4 is 10.6 Å². The average Bonchev–Trinajstić information content (AvgIpc) is 2.95. The van der Waals surface area contributed by atoms with Crippen LogP contribution in [0.1, 0.15) is 38.7 Å². The fraction of sp³-hybridized carbons (Fsp3) is 0.632. The number of hydrogen-bond acceptors (Lipinski definition) is 3. The molecule has 1 saturated carbocycles. The molecule has 134 valence electrons. The van der Waals surface area contributed by atoms with Crippen molar-refractivity contribution in [2.45, 2.75) is 45.8 Å². The van der Waals surface area contributed by atoms with E-state index >= 15 is 0 Å². The third kappa shape index (κ3) is 5.49. The summed E-state index contributed by atoms with van der Waals surface area (Å²) in [5, 5.41) is 15.4. The van der Waals surface area contributed by atoms with Gasteiger partial charge in [-0.15, -0.1) is 0 Å². The van der Waals surface area contributed by atoms with Crippen molar-refractivity contribution in [3.05, 3.63) is 35.9 Å². The Kier molecular flexibility index (Phi) is 7.06. The molecule has 1 aliphatic rings. The Morgan fingerprint density at radius 2 is 2.17 bits per heavy atom. The number of carbonyl (C=O) groups is 1. The third-order valence-electron chi connectivity index (χ3n) is 4.87. The van der Waals surface area contributed by atoms with Crippen LogP contribution in [0.5, 0.6) is 0 Å². The van der Waals surface area contributed by atoms with Gasteiger partial charge in [-0.2, -0.15) is 0 Å². The van der Waals surface area contributed by atoms with Crippen molar-refractivity contribution < 1.29 is 14.6 Å². The summed E-state index contributed by atoms with van der Waals surface area (Å²) in [6.07, 6.45) is 2.93. The number of urea groups is 1. The molecule has 5 heteroatoms. The van der Waals surface area contributed by atoms with Crippen molar-refractivity contribution in [2.75, 3.05) is 19.8 Å². The number of rotatable bonds is 8. The molecule has 1 aromatic carbocycles. The number of ether oxygens (including phenoxy) is 1. The Labute approximate surface area is 144 Å². The maximum absolute atomic E-state index is 12.1. The van der Waals surface area contributed by atoms with Crippen LogP contribution >= 0.6 is 0 Å². The van der Waals surface area contributed by atoms with Crippen LogP contribution in [0.15, 0.2) is 30.3 Å². The SMILES string of the molecule is CC(CNC(=O)NC1CCCC1(C)CO)COCc1ccccc1. The van der Waals surface area contributed by atoms with Crippen LogP contribution in [0.3, 0.4) is 0 Å².